The van der Waals surface area contributed by atoms with E-state index in [9.17, 15) is 4.79 Å². The van der Waals surface area contributed by atoms with Gasteiger partial charge in [0.15, 0.2) is 0 Å². The molecule has 0 unspecified atom stereocenters. The molecule has 1 N–H and O–H groups in total. The Morgan fingerprint density at radius 1 is 0.840 bits per heavy atom. The molecule has 1 aromatic rings. The standard InChI is InChI=1S/C21H34O3.ClH/c1-2-3-4-5-6-7-8-9-10-11-12-15-18-24-20-17-14-13-16-19(20)21(22)23;/h13-14,16-17H,2-12,15,18H2,1H3,(H,22,23);1H. The van der Waals surface area contributed by atoms with E-state index in [1.54, 1.807) is 18.2 Å². The van der Waals surface area contributed by atoms with Gasteiger partial charge in [-0.2, -0.15) is 0 Å². The molecule has 0 aromatic heterocycles. The molecule has 3 nitrogen and oxygen atoms in total. The highest BCUT2D eigenvalue weighted by molar-refractivity contribution is 5.90. The van der Waals surface area contributed by atoms with Gasteiger partial charge in [0.1, 0.15) is 11.3 Å². The zero-order valence-corrected chi connectivity index (χ0v) is 16.5. The molecule has 144 valence electrons. The first-order valence-electron chi connectivity index (χ1n) is 9.70. The maximum atomic E-state index is 11.1. The Bertz CT molecular complexity index is 449. The molecular weight excluding hydrogens is 336 g/mol. The van der Waals surface area contributed by atoms with Crippen LogP contribution in [0, 0.1) is 0 Å². The van der Waals surface area contributed by atoms with Crippen LogP contribution >= 0.6 is 12.4 Å². The topological polar surface area (TPSA) is 46.5 Å². The summed E-state index contributed by atoms with van der Waals surface area (Å²) in [7, 11) is 0. The van der Waals surface area contributed by atoms with Crippen molar-refractivity contribution in [1.82, 2.24) is 0 Å². The number of hydrogen-bond acceptors (Lipinski definition) is 2. The number of carbonyl (C=O) groups is 1. The van der Waals surface area contributed by atoms with Gasteiger partial charge in [-0.25, -0.2) is 4.79 Å². The van der Waals surface area contributed by atoms with Crippen LogP contribution in [0.3, 0.4) is 0 Å². The van der Waals surface area contributed by atoms with Gasteiger partial charge in [-0.3, -0.25) is 0 Å². The Morgan fingerprint density at radius 2 is 1.32 bits per heavy atom. The lowest BCUT2D eigenvalue weighted by atomic mass is 10.1. The SMILES string of the molecule is CCCCCCCCCCCCCCOc1ccccc1C(=O)O.Cl. The third-order valence-electron chi connectivity index (χ3n) is 4.37. The number of ether oxygens (including phenoxy) is 1. The summed E-state index contributed by atoms with van der Waals surface area (Å²) >= 11 is 0. The fourth-order valence-electron chi connectivity index (χ4n) is 2.89. The molecule has 0 aliphatic heterocycles. The highest BCUT2D eigenvalue weighted by atomic mass is 35.5. The maximum Gasteiger partial charge on any atom is 0.339 e. The summed E-state index contributed by atoms with van der Waals surface area (Å²) in [5.41, 5.74) is 0.247. The van der Waals surface area contributed by atoms with E-state index in [4.69, 9.17) is 9.84 Å². The number of para-hydroxylation sites is 1. The molecule has 4 heteroatoms. The zero-order valence-electron chi connectivity index (χ0n) is 15.7. The molecule has 0 atom stereocenters. The first-order valence-corrected chi connectivity index (χ1v) is 9.70. The molecule has 0 bridgehead atoms. The van der Waals surface area contributed by atoms with Crippen molar-refractivity contribution in [3.8, 4) is 5.75 Å². The fourth-order valence-corrected chi connectivity index (χ4v) is 2.89. The van der Waals surface area contributed by atoms with Gasteiger partial charge in [-0.15, -0.1) is 12.4 Å². The predicted octanol–water partition coefficient (Wildman–Crippen LogP) is 6.89. The molecule has 25 heavy (non-hydrogen) atoms. The second kappa shape index (κ2) is 16.3. The van der Waals surface area contributed by atoms with Crippen LogP contribution in [0.4, 0.5) is 0 Å². The summed E-state index contributed by atoms with van der Waals surface area (Å²) < 4.78 is 5.61. The monoisotopic (exact) mass is 370 g/mol. The number of carboxylic acids is 1. The molecule has 0 amide bonds. The lowest BCUT2D eigenvalue weighted by molar-refractivity contribution is 0.0692. The van der Waals surface area contributed by atoms with E-state index in [-0.39, 0.29) is 18.0 Å². The van der Waals surface area contributed by atoms with Gasteiger partial charge in [-0.1, -0.05) is 89.7 Å². The van der Waals surface area contributed by atoms with Crippen molar-refractivity contribution in [2.24, 2.45) is 0 Å². The Hall–Kier alpha value is -1.22. The molecule has 0 radical (unpaired) electrons. The Balaban J connectivity index is 0.00000576. The smallest absolute Gasteiger partial charge is 0.339 e. The van der Waals surface area contributed by atoms with Gasteiger partial charge in [0.2, 0.25) is 0 Å². The van der Waals surface area contributed by atoms with Crippen molar-refractivity contribution < 1.29 is 14.6 Å². The minimum Gasteiger partial charge on any atom is -0.493 e. The second-order valence-corrected chi connectivity index (χ2v) is 6.54. The van der Waals surface area contributed by atoms with Gasteiger partial charge in [0.25, 0.3) is 0 Å². The predicted molar refractivity (Wildman–Crippen MR) is 107 cm³/mol. The van der Waals surface area contributed by atoms with E-state index in [0.717, 1.165) is 12.8 Å². The summed E-state index contributed by atoms with van der Waals surface area (Å²) in [6.07, 6.45) is 15.7. The number of hydrogen-bond donors (Lipinski definition) is 1. The Kier molecular flexibility index (Phi) is 15.5. The van der Waals surface area contributed by atoms with Crippen molar-refractivity contribution in [3.05, 3.63) is 29.8 Å². The molecule has 1 rings (SSSR count). The van der Waals surface area contributed by atoms with Gasteiger partial charge in [0, 0.05) is 0 Å². The number of benzene rings is 1. The summed E-state index contributed by atoms with van der Waals surface area (Å²) in [6, 6.07) is 6.84. The first kappa shape index (κ1) is 23.8. The molecule has 0 saturated carbocycles. The molecule has 0 fully saturated rings. The normalized spacial score (nSPS) is 10.3. The number of halogens is 1. The van der Waals surface area contributed by atoms with E-state index in [2.05, 4.69) is 6.92 Å². The summed E-state index contributed by atoms with van der Waals surface area (Å²) in [6.45, 7) is 2.86. The van der Waals surface area contributed by atoms with Crippen LogP contribution in [0.5, 0.6) is 5.75 Å². The summed E-state index contributed by atoms with van der Waals surface area (Å²) in [5.74, 6) is -0.451. The van der Waals surface area contributed by atoms with Crippen LogP contribution in [0.1, 0.15) is 94.3 Å². The second-order valence-electron chi connectivity index (χ2n) is 6.54. The lowest BCUT2D eigenvalue weighted by Gasteiger charge is -2.08. The fraction of sp³-hybridized carbons (Fsp3) is 0.667. The van der Waals surface area contributed by atoms with Crippen LogP contribution in [0.15, 0.2) is 24.3 Å². The van der Waals surface area contributed by atoms with Crippen molar-refractivity contribution in [2.45, 2.75) is 84.0 Å². The summed E-state index contributed by atoms with van der Waals surface area (Å²) in [5, 5.41) is 9.09. The minimum absolute atomic E-state index is 0. The molecule has 0 spiro atoms. The Morgan fingerprint density at radius 3 is 1.84 bits per heavy atom. The van der Waals surface area contributed by atoms with E-state index in [1.165, 1.54) is 64.2 Å². The highest BCUT2D eigenvalue weighted by Gasteiger charge is 2.09. The minimum atomic E-state index is -0.930. The largest absolute Gasteiger partial charge is 0.493 e. The van der Waals surface area contributed by atoms with Gasteiger partial charge in [0.05, 0.1) is 6.61 Å². The van der Waals surface area contributed by atoms with Crippen molar-refractivity contribution in [2.75, 3.05) is 6.61 Å². The first-order chi connectivity index (χ1) is 11.8. The van der Waals surface area contributed by atoms with Crippen LogP contribution in [-0.2, 0) is 0 Å². The Labute approximate surface area is 159 Å². The molecular formula is C21H35ClO3. The number of rotatable bonds is 15. The average molecular weight is 371 g/mol. The van der Waals surface area contributed by atoms with Gasteiger partial charge in [-0.05, 0) is 18.6 Å². The van der Waals surface area contributed by atoms with E-state index >= 15 is 0 Å². The number of unbranched alkanes of at least 4 members (excludes halogenated alkanes) is 11. The van der Waals surface area contributed by atoms with Crippen molar-refractivity contribution >= 4 is 18.4 Å². The summed E-state index contributed by atoms with van der Waals surface area (Å²) in [4.78, 5) is 11.1. The third-order valence-corrected chi connectivity index (χ3v) is 4.37. The van der Waals surface area contributed by atoms with Crippen LogP contribution in [0.2, 0.25) is 0 Å². The molecule has 0 aliphatic rings. The van der Waals surface area contributed by atoms with E-state index < -0.39 is 5.97 Å². The molecule has 0 saturated heterocycles. The molecule has 0 heterocycles. The van der Waals surface area contributed by atoms with E-state index in [1.807, 2.05) is 6.07 Å². The van der Waals surface area contributed by atoms with Gasteiger partial charge < -0.3 is 9.84 Å². The average Bonchev–Trinajstić information content (AvgIpc) is 2.59. The number of aromatic carboxylic acids is 1. The van der Waals surface area contributed by atoms with E-state index in [0.29, 0.717) is 12.4 Å². The van der Waals surface area contributed by atoms with Crippen LogP contribution in [-0.4, -0.2) is 17.7 Å². The van der Waals surface area contributed by atoms with Crippen molar-refractivity contribution in [1.29, 1.82) is 0 Å². The van der Waals surface area contributed by atoms with Crippen LogP contribution in [0.25, 0.3) is 0 Å². The van der Waals surface area contributed by atoms with Gasteiger partial charge >= 0.3 is 5.97 Å². The lowest BCUT2D eigenvalue weighted by Crippen LogP contribution is -2.04. The van der Waals surface area contributed by atoms with Crippen LogP contribution < -0.4 is 4.74 Å². The molecule has 0 aliphatic carbocycles. The zero-order chi connectivity index (χ0) is 17.5. The third kappa shape index (κ3) is 11.9. The highest BCUT2D eigenvalue weighted by Crippen LogP contribution is 2.18. The molecule has 1 aromatic carbocycles. The number of carboxylic acid groups (broad SMARTS) is 1. The van der Waals surface area contributed by atoms with Crippen molar-refractivity contribution in [3.63, 3.8) is 0 Å². The quantitative estimate of drug-likeness (QED) is 0.342. The maximum absolute atomic E-state index is 11.1.